The molecule has 0 saturated carbocycles. The van der Waals surface area contributed by atoms with E-state index in [0.717, 1.165) is 22.1 Å². The van der Waals surface area contributed by atoms with E-state index in [1.165, 1.54) is 6.07 Å². The molecular weight excluding hydrogens is 319 g/mol. The molecule has 4 heteroatoms. The molecule has 1 unspecified atom stereocenters. The van der Waals surface area contributed by atoms with Gasteiger partial charge in [-0.3, -0.25) is 0 Å². The second-order valence-electron chi connectivity index (χ2n) is 4.96. The van der Waals surface area contributed by atoms with Crippen molar-refractivity contribution in [2.45, 2.75) is 19.4 Å². The molecule has 0 aliphatic rings. The van der Waals surface area contributed by atoms with E-state index in [9.17, 15) is 4.39 Å². The topological polar surface area (TPSA) is 29.3 Å². The van der Waals surface area contributed by atoms with Crippen LogP contribution in [0.25, 0.3) is 0 Å². The third-order valence-corrected chi connectivity index (χ3v) is 3.66. The van der Waals surface area contributed by atoms with Gasteiger partial charge in [0.1, 0.15) is 5.82 Å². The summed E-state index contributed by atoms with van der Waals surface area (Å²) in [5.74, 6) is -0.235. The molecule has 0 spiro atoms. The molecule has 2 N–H and O–H groups in total. The number of anilines is 2. The molecule has 106 valence electrons. The second-order valence-corrected chi connectivity index (χ2v) is 5.88. The molecule has 0 aliphatic heterocycles. The molecule has 2 rings (SSSR count). The van der Waals surface area contributed by atoms with Gasteiger partial charge >= 0.3 is 0 Å². The van der Waals surface area contributed by atoms with Gasteiger partial charge in [-0.1, -0.05) is 34.1 Å². The van der Waals surface area contributed by atoms with Crippen molar-refractivity contribution < 1.29 is 4.39 Å². The van der Waals surface area contributed by atoms with Crippen LogP contribution in [0, 0.1) is 5.82 Å². The fourth-order valence-electron chi connectivity index (χ4n) is 2.22. The second kappa shape index (κ2) is 6.37. The first-order valence-electron chi connectivity index (χ1n) is 6.51. The average molecular weight is 337 g/mol. The standard InChI is InChI=1S/C16H18BrFN2/c1-11(19)9-12-7-8-13(17)10-16(12)20(2)15-6-4-3-5-14(15)18/h3-8,10-11H,9,19H2,1-2H3. The summed E-state index contributed by atoms with van der Waals surface area (Å²) in [5, 5.41) is 0. The Morgan fingerprint density at radius 3 is 2.55 bits per heavy atom. The first-order chi connectivity index (χ1) is 9.49. The van der Waals surface area contributed by atoms with Crippen molar-refractivity contribution in [2.24, 2.45) is 5.73 Å². The Balaban J connectivity index is 2.45. The zero-order valence-corrected chi connectivity index (χ0v) is 13.2. The van der Waals surface area contributed by atoms with Crippen molar-refractivity contribution in [3.63, 3.8) is 0 Å². The Labute approximate surface area is 127 Å². The van der Waals surface area contributed by atoms with E-state index in [2.05, 4.69) is 15.9 Å². The number of nitrogens with two attached hydrogens (primary N) is 1. The number of benzene rings is 2. The zero-order valence-electron chi connectivity index (χ0n) is 11.6. The van der Waals surface area contributed by atoms with Gasteiger partial charge in [-0.2, -0.15) is 0 Å². The van der Waals surface area contributed by atoms with Gasteiger partial charge in [-0.25, -0.2) is 4.39 Å². The smallest absolute Gasteiger partial charge is 0.146 e. The molecular formula is C16H18BrFN2. The first-order valence-corrected chi connectivity index (χ1v) is 7.30. The van der Waals surface area contributed by atoms with E-state index in [4.69, 9.17) is 5.73 Å². The highest BCUT2D eigenvalue weighted by molar-refractivity contribution is 9.10. The average Bonchev–Trinajstić information content (AvgIpc) is 2.40. The van der Waals surface area contributed by atoms with Crippen LogP contribution in [0.2, 0.25) is 0 Å². The number of nitrogens with zero attached hydrogens (tertiary/aromatic N) is 1. The minimum atomic E-state index is -0.235. The van der Waals surface area contributed by atoms with Crippen LogP contribution in [0.4, 0.5) is 15.8 Å². The molecule has 0 bridgehead atoms. The van der Waals surface area contributed by atoms with Gasteiger partial charge in [0, 0.05) is 23.2 Å². The largest absolute Gasteiger partial charge is 0.342 e. The lowest BCUT2D eigenvalue weighted by atomic mass is 10.0. The van der Waals surface area contributed by atoms with E-state index in [0.29, 0.717) is 5.69 Å². The maximum atomic E-state index is 13.9. The molecule has 0 radical (unpaired) electrons. The predicted molar refractivity (Wildman–Crippen MR) is 86.0 cm³/mol. The monoisotopic (exact) mass is 336 g/mol. The van der Waals surface area contributed by atoms with Crippen LogP contribution in [-0.4, -0.2) is 13.1 Å². The Bertz CT molecular complexity index is 599. The Kier molecular flexibility index (Phi) is 4.78. The summed E-state index contributed by atoms with van der Waals surface area (Å²) in [7, 11) is 1.87. The van der Waals surface area contributed by atoms with Gasteiger partial charge in [0.2, 0.25) is 0 Å². The van der Waals surface area contributed by atoms with Crippen LogP contribution in [0.3, 0.4) is 0 Å². The van der Waals surface area contributed by atoms with Crippen molar-refractivity contribution in [1.82, 2.24) is 0 Å². The number of para-hydroxylation sites is 1. The van der Waals surface area contributed by atoms with Crippen LogP contribution >= 0.6 is 15.9 Å². The number of hydrogen-bond donors (Lipinski definition) is 1. The van der Waals surface area contributed by atoms with Crippen molar-refractivity contribution in [3.8, 4) is 0 Å². The Morgan fingerprint density at radius 1 is 1.20 bits per heavy atom. The van der Waals surface area contributed by atoms with Gasteiger partial charge in [-0.15, -0.1) is 0 Å². The lowest BCUT2D eigenvalue weighted by molar-refractivity contribution is 0.627. The number of hydrogen-bond acceptors (Lipinski definition) is 2. The molecule has 20 heavy (non-hydrogen) atoms. The van der Waals surface area contributed by atoms with E-state index in [1.807, 2.05) is 43.1 Å². The Hall–Kier alpha value is -1.39. The molecule has 2 aromatic rings. The van der Waals surface area contributed by atoms with Gasteiger partial charge < -0.3 is 10.6 Å². The maximum absolute atomic E-state index is 13.9. The highest BCUT2D eigenvalue weighted by atomic mass is 79.9. The zero-order chi connectivity index (χ0) is 14.7. The highest BCUT2D eigenvalue weighted by Gasteiger charge is 2.14. The van der Waals surface area contributed by atoms with Crippen LogP contribution < -0.4 is 10.6 Å². The van der Waals surface area contributed by atoms with Crippen LogP contribution in [-0.2, 0) is 6.42 Å². The molecule has 0 fully saturated rings. The van der Waals surface area contributed by atoms with Crippen molar-refractivity contribution in [2.75, 3.05) is 11.9 Å². The minimum absolute atomic E-state index is 0.0592. The number of rotatable bonds is 4. The van der Waals surface area contributed by atoms with Gasteiger partial charge in [0.15, 0.2) is 0 Å². The summed E-state index contributed by atoms with van der Waals surface area (Å²) >= 11 is 3.47. The maximum Gasteiger partial charge on any atom is 0.146 e. The van der Waals surface area contributed by atoms with E-state index >= 15 is 0 Å². The van der Waals surface area contributed by atoms with Gasteiger partial charge in [0.05, 0.1) is 5.69 Å². The number of halogens is 2. The minimum Gasteiger partial charge on any atom is -0.342 e. The van der Waals surface area contributed by atoms with Crippen molar-refractivity contribution in [3.05, 3.63) is 58.3 Å². The third-order valence-electron chi connectivity index (χ3n) is 3.16. The van der Waals surface area contributed by atoms with Crippen LogP contribution in [0.5, 0.6) is 0 Å². The lowest BCUT2D eigenvalue weighted by Crippen LogP contribution is -2.20. The van der Waals surface area contributed by atoms with E-state index < -0.39 is 0 Å². The molecule has 0 amide bonds. The molecule has 1 atom stereocenters. The summed E-state index contributed by atoms with van der Waals surface area (Å²) in [5.41, 5.74) is 8.51. The van der Waals surface area contributed by atoms with Crippen molar-refractivity contribution >= 4 is 27.3 Å². The quantitative estimate of drug-likeness (QED) is 0.904. The lowest BCUT2D eigenvalue weighted by Gasteiger charge is -2.24. The highest BCUT2D eigenvalue weighted by Crippen LogP contribution is 2.31. The van der Waals surface area contributed by atoms with Crippen molar-refractivity contribution in [1.29, 1.82) is 0 Å². The predicted octanol–water partition coefficient (Wildman–Crippen LogP) is 4.25. The summed E-state index contributed by atoms with van der Waals surface area (Å²) in [6.45, 7) is 1.97. The molecule has 0 aliphatic carbocycles. The first kappa shape index (κ1) is 15.0. The molecule has 0 heterocycles. The Morgan fingerprint density at radius 2 is 1.90 bits per heavy atom. The SMILES string of the molecule is CC(N)Cc1ccc(Br)cc1N(C)c1ccccc1F. The fourth-order valence-corrected chi connectivity index (χ4v) is 2.57. The van der Waals surface area contributed by atoms with Crippen LogP contribution in [0.15, 0.2) is 46.9 Å². The molecule has 0 aromatic heterocycles. The summed E-state index contributed by atoms with van der Waals surface area (Å²) in [6.07, 6.45) is 0.751. The molecule has 0 saturated heterocycles. The van der Waals surface area contributed by atoms with Gasteiger partial charge in [-0.05, 0) is 43.2 Å². The van der Waals surface area contributed by atoms with Crippen LogP contribution in [0.1, 0.15) is 12.5 Å². The molecule has 2 nitrogen and oxygen atoms in total. The molecule has 2 aromatic carbocycles. The van der Waals surface area contributed by atoms with E-state index in [1.54, 1.807) is 12.1 Å². The normalized spacial score (nSPS) is 12.2. The summed E-state index contributed by atoms with van der Waals surface area (Å²) in [6, 6.07) is 12.8. The summed E-state index contributed by atoms with van der Waals surface area (Å²) in [4.78, 5) is 1.86. The summed E-state index contributed by atoms with van der Waals surface area (Å²) < 4.78 is 14.9. The fraction of sp³-hybridized carbons (Fsp3) is 0.250. The van der Waals surface area contributed by atoms with E-state index in [-0.39, 0.29) is 11.9 Å². The third kappa shape index (κ3) is 3.38. The van der Waals surface area contributed by atoms with Gasteiger partial charge in [0.25, 0.3) is 0 Å².